The Hall–Kier alpha value is -1.01. The lowest BCUT2D eigenvalue weighted by molar-refractivity contribution is -0.136. The largest absolute Gasteiger partial charge is 0.480 e. The first-order chi connectivity index (χ1) is 7.95. The second-order valence-corrected chi connectivity index (χ2v) is 5.46. The molecule has 4 nitrogen and oxygen atoms in total. The van der Waals surface area contributed by atoms with Crippen molar-refractivity contribution in [2.75, 3.05) is 0 Å². The minimum absolute atomic E-state index is 0.123. The van der Waals surface area contributed by atoms with Crippen molar-refractivity contribution in [3.63, 3.8) is 0 Å². The molecule has 0 heterocycles. The highest BCUT2D eigenvalue weighted by Crippen LogP contribution is 2.31. The highest BCUT2D eigenvalue weighted by atomic mass is 79.9. The fourth-order valence-electron chi connectivity index (χ4n) is 1.23. The molecule has 6 heteroatoms. The van der Waals surface area contributed by atoms with Gasteiger partial charge in [0.25, 0.3) is 0 Å². The number of aliphatic carboxylic acids is 1. The number of hydrogen-bond donors (Lipinski definition) is 2. The molecule has 0 amide bonds. The van der Waals surface area contributed by atoms with Crippen molar-refractivity contribution in [2.45, 2.75) is 23.5 Å². The average molecular weight is 319 g/mol. The number of halogens is 1. The van der Waals surface area contributed by atoms with Gasteiger partial charge in [0.05, 0.1) is 5.56 Å². The van der Waals surface area contributed by atoms with Crippen LogP contribution < -0.4 is 0 Å². The van der Waals surface area contributed by atoms with Crippen LogP contribution in [0.3, 0.4) is 0 Å². The van der Waals surface area contributed by atoms with Crippen molar-refractivity contribution in [1.82, 2.24) is 0 Å². The zero-order chi connectivity index (χ0) is 13.0. The molecular formula is C11H11BrO4S. The summed E-state index contributed by atoms with van der Waals surface area (Å²) in [6, 6.07) is 4.71. The molecule has 1 aromatic rings. The van der Waals surface area contributed by atoms with Crippen LogP contribution in [0.4, 0.5) is 0 Å². The van der Waals surface area contributed by atoms with Crippen molar-refractivity contribution in [3.05, 3.63) is 28.2 Å². The summed E-state index contributed by atoms with van der Waals surface area (Å²) in [7, 11) is 0. The Morgan fingerprint density at radius 3 is 2.53 bits per heavy atom. The number of aromatic carboxylic acids is 1. The summed E-state index contributed by atoms with van der Waals surface area (Å²) < 4.78 is 0.727. The zero-order valence-electron chi connectivity index (χ0n) is 9.01. The number of benzene rings is 1. The highest BCUT2D eigenvalue weighted by Gasteiger charge is 2.20. The molecule has 1 rings (SSSR count). The van der Waals surface area contributed by atoms with Crippen LogP contribution in [0, 0.1) is 0 Å². The molecule has 0 aliphatic carbocycles. The number of thioether (sulfide) groups is 1. The molecule has 0 aliphatic heterocycles. The molecular weight excluding hydrogens is 308 g/mol. The maximum Gasteiger partial charge on any atom is 0.336 e. The van der Waals surface area contributed by atoms with E-state index in [-0.39, 0.29) is 5.56 Å². The molecule has 0 aromatic heterocycles. The third-order valence-electron chi connectivity index (χ3n) is 2.09. The van der Waals surface area contributed by atoms with Gasteiger partial charge in [-0.25, -0.2) is 4.79 Å². The number of carboxylic acid groups (broad SMARTS) is 2. The van der Waals surface area contributed by atoms with Crippen molar-refractivity contribution in [2.24, 2.45) is 0 Å². The highest BCUT2D eigenvalue weighted by molar-refractivity contribution is 9.10. The lowest BCUT2D eigenvalue weighted by Gasteiger charge is -2.11. The van der Waals surface area contributed by atoms with Gasteiger partial charge in [0.15, 0.2) is 0 Å². The molecule has 0 saturated heterocycles. The van der Waals surface area contributed by atoms with Gasteiger partial charge >= 0.3 is 11.9 Å². The predicted octanol–water partition coefficient (Wildman–Crippen LogP) is 3.10. The monoisotopic (exact) mass is 318 g/mol. The van der Waals surface area contributed by atoms with E-state index in [1.807, 2.05) is 0 Å². The molecule has 0 radical (unpaired) electrons. The van der Waals surface area contributed by atoms with Gasteiger partial charge in [0.1, 0.15) is 5.25 Å². The van der Waals surface area contributed by atoms with Gasteiger partial charge in [-0.2, -0.15) is 0 Å². The first-order valence-corrected chi connectivity index (χ1v) is 6.55. The van der Waals surface area contributed by atoms with Crippen molar-refractivity contribution < 1.29 is 19.8 Å². The summed E-state index contributed by atoms with van der Waals surface area (Å²) in [5.74, 6) is -1.99. The van der Waals surface area contributed by atoms with Gasteiger partial charge in [0.2, 0.25) is 0 Å². The van der Waals surface area contributed by atoms with Crippen molar-refractivity contribution in [3.8, 4) is 0 Å². The van der Waals surface area contributed by atoms with Crippen LogP contribution >= 0.6 is 27.7 Å². The zero-order valence-corrected chi connectivity index (χ0v) is 11.4. The van der Waals surface area contributed by atoms with Crippen LogP contribution in [0.25, 0.3) is 0 Å². The lowest BCUT2D eigenvalue weighted by Crippen LogP contribution is -2.15. The molecule has 0 aliphatic rings. The van der Waals surface area contributed by atoms with E-state index < -0.39 is 17.2 Å². The minimum atomic E-state index is -1.06. The Bertz CT molecular complexity index is 447. The van der Waals surface area contributed by atoms with Crippen LogP contribution in [-0.4, -0.2) is 27.4 Å². The Morgan fingerprint density at radius 2 is 2.06 bits per heavy atom. The van der Waals surface area contributed by atoms with Gasteiger partial charge < -0.3 is 10.2 Å². The standard InChI is InChI=1S/C11H11BrO4S/c1-2-8(11(15)16)17-9-5-6(12)3-4-7(9)10(13)14/h3-5,8H,2H2,1H3,(H,13,14)(H,15,16). The Kier molecular flexibility index (Phi) is 5.02. The molecule has 92 valence electrons. The van der Waals surface area contributed by atoms with Gasteiger partial charge in [-0.15, -0.1) is 11.8 Å². The van der Waals surface area contributed by atoms with E-state index in [0.717, 1.165) is 16.2 Å². The second-order valence-electron chi connectivity index (χ2n) is 3.30. The van der Waals surface area contributed by atoms with Gasteiger partial charge in [0, 0.05) is 9.37 Å². The molecule has 17 heavy (non-hydrogen) atoms. The third kappa shape index (κ3) is 3.74. The first kappa shape index (κ1) is 14.1. The topological polar surface area (TPSA) is 74.6 Å². The van der Waals surface area contributed by atoms with Crippen LogP contribution in [0.5, 0.6) is 0 Å². The maximum atomic E-state index is 11.0. The fourth-order valence-corrected chi connectivity index (χ4v) is 2.80. The summed E-state index contributed by atoms with van der Waals surface area (Å²) in [6.07, 6.45) is 0.436. The SMILES string of the molecule is CCC(Sc1cc(Br)ccc1C(=O)O)C(=O)O. The molecule has 0 fully saturated rings. The summed E-state index contributed by atoms with van der Waals surface area (Å²) >= 11 is 4.30. The molecule has 1 atom stereocenters. The summed E-state index contributed by atoms with van der Waals surface area (Å²) in [4.78, 5) is 22.4. The van der Waals surface area contributed by atoms with Crippen LogP contribution in [0.15, 0.2) is 27.6 Å². The van der Waals surface area contributed by atoms with E-state index in [4.69, 9.17) is 10.2 Å². The maximum absolute atomic E-state index is 11.0. The second kappa shape index (κ2) is 6.07. The summed E-state index contributed by atoms with van der Waals surface area (Å²) in [5.41, 5.74) is 0.123. The Balaban J connectivity index is 3.07. The lowest BCUT2D eigenvalue weighted by atomic mass is 10.2. The number of carbonyl (C=O) groups is 2. The van der Waals surface area contributed by atoms with Crippen LogP contribution in [0.1, 0.15) is 23.7 Å². The van der Waals surface area contributed by atoms with Gasteiger partial charge in [-0.1, -0.05) is 22.9 Å². The summed E-state index contributed by atoms with van der Waals surface area (Å²) in [5, 5.41) is 17.3. The first-order valence-electron chi connectivity index (χ1n) is 4.88. The fraction of sp³-hybridized carbons (Fsp3) is 0.273. The molecule has 1 unspecified atom stereocenters. The van der Waals surface area contributed by atoms with Gasteiger partial charge in [-0.05, 0) is 24.6 Å². The smallest absolute Gasteiger partial charge is 0.336 e. The number of hydrogen-bond acceptors (Lipinski definition) is 3. The molecule has 0 bridgehead atoms. The Labute approximate surface area is 111 Å². The van der Waals surface area contributed by atoms with Gasteiger partial charge in [-0.3, -0.25) is 4.79 Å². The van der Waals surface area contributed by atoms with E-state index in [1.54, 1.807) is 19.1 Å². The molecule has 0 spiro atoms. The van der Waals surface area contributed by atoms with E-state index in [1.165, 1.54) is 6.07 Å². The van der Waals surface area contributed by atoms with E-state index >= 15 is 0 Å². The van der Waals surface area contributed by atoms with Crippen molar-refractivity contribution >= 4 is 39.6 Å². The third-order valence-corrected chi connectivity index (χ3v) is 3.99. The minimum Gasteiger partial charge on any atom is -0.480 e. The average Bonchev–Trinajstić information content (AvgIpc) is 2.25. The van der Waals surface area contributed by atoms with E-state index in [0.29, 0.717) is 11.3 Å². The van der Waals surface area contributed by atoms with E-state index in [2.05, 4.69) is 15.9 Å². The summed E-state index contributed by atoms with van der Waals surface area (Å²) in [6.45, 7) is 1.75. The predicted molar refractivity (Wildman–Crippen MR) is 68.7 cm³/mol. The van der Waals surface area contributed by atoms with Crippen molar-refractivity contribution in [1.29, 1.82) is 0 Å². The Morgan fingerprint density at radius 1 is 1.41 bits per heavy atom. The van der Waals surface area contributed by atoms with Crippen LogP contribution in [-0.2, 0) is 4.79 Å². The number of carboxylic acids is 2. The van der Waals surface area contributed by atoms with Crippen LogP contribution in [0.2, 0.25) is 0 Å². The number of rotatable bonds is 5. The molecule has 1 aromatic carbocycles. The molecule has 0 saturated carbocycles. The normalized spacial score (nSPS) is 12.1. The molecule has 2 N–H and O–H groups in total. The quantitative estimate of drug-likeness (QED) is 0.816. The van der Waals surface area contributed by atoms with E-state index in [9.17, 15) is 9.59 Å².